The Balaban J connectivity index is 1.70. The van der Waals surface area contributed by atoms with E-state index in [9.17, 15) is 4.79 Å². The summed E-state index contributed by atoms with van der Waals surface area (Å²) in [5.41, 5.74) is 2.21. The third kappa shape index (κ3) is 3.45. The Kier molecular flexibility index (Phi) is 4.70. The molecule has 1 aliphatic heterocycles. The Morgan fingerprint density at radius 1 is 1.45 bits per heavy atom. The molecule has 0 aromatic carbocycles. The van der Waals surface area contributed by atoms with Gasteiger partial charge < -0.3 is 15.4 Å². The molecule has 3 heterocycles. The minimum atomic E-state index is -0.123. The van der Waals surface area contributed by atoms with E-state index in [4.69, 9.17) is 4.74 Å². The number of pyridine rings is 1. The molecule has 0 spiro atoms. The van der Waals surface area contributed by atoms with Crippen LogP contribution in [0.4, 0.5) is 11.4 Å². The molecule has 6 heteroatoms. The van der Waals surface area contributed by atoms with Crippen molar-refractivity contribution in [3.05, 3.63) is 40.8 Å². The highest BCUT2D eigenvalue weighted by Gasteiger charge is 2.23. The average Bonchev–Trinajstić information content (AvgIpc) is 3.23. The van der Waals surface area contributed by atoms with Crippen molar-refractivity contribution >= 4 is 28.6 Å². The zero-order valence-electron chi connectivity index (χ0n) is 12.4. The van der Waals surface area contributed by atoms with E-state index >= 15 is 0 Å². The summed E-state index contributed by atoms with van der Waals surface area (Å²) in [6, 6.07) is 3.86. The van der Waals surface area contributed by atoms with Crippen LogP contribution in [0.3, 0.4) is 0 Å². The lowest BCUT2D eigenvalue weighted by atomic mass is 10.1. The number of carbonyl (C=O) groups is 1. The zero-order valence-corrected chi connectivity index (χ0v) is 13.2. The van der Waals surface area contributed by atoms with E-state index in [1.165, 1.54) is 11.3 Å². The van der Waals surface area contributed by atoms with Crippen molar-refractivity contribution in [1.82, 2.24) is 4.98 Å². The number of ether oxygens (including phenoxy) is 1. The highest BCUT2D eigenvalue weighted by atomic mass is 32.1. The van der Waals surface area contributed by atoms with Crippen molar-refractivity contribution in [2.45, 2.75) is 31.9 Å². The van der Waals surface area contributed by atoms with Crippen molar-refractivity contribution in [3.63, 3.8) is 0 Å². The van der Waals surface area contributed by atoms with Crippen LogP contribution < -0.4 is 10.6 Å². The van der Waals surface area contributed by atoms with Gasteiger partial charge in [0.2, 0.25) is 0 Å². The smallest absolute Gasteiger partial charge is 0.256 e. The first-order chi connectivity index (χ1) is 10.7. The quantitative estimate of drug-likeness (QED) is 0.887. The molecule has 1 fully saturated rings. The molecule has 5 nitrogen and oxygen atoms in total. The van der Waals surface area contributed by atoms with Crippen molar-refractivity contribution in [1.29, 1.82) is 0 Å². The van der Waals surface area contributed by atoms with Gasteiger partial charge in [-0.1, -0.05) is 0 Å². The van der Waals surface area contributed by atoms with Gasteiger partial charge in [0.15, 0.2) is 0 Å². The van der Waals surface area contributed by atoms with Gasteiger partial charge in [0.1, 0.15) is 0 Å². The molecule has 22 heavy (non-hydrogen) atoms. The number of amides is 1. The van der Waals surface area contributed by atoms with Gasteiger partial charge in [-0.05, 0) is 37.3 Å². The molecule has 1 amide bonds. The van der Waals surface area contributed by atoms with Crippen LogP contribution in [0.1, 0.15) is 30.1 Å². The molecule has 1 aliphatic rings. The first-order valence-corrected chi connectivity index (χ1v) is 8.34. The highest BCUT2D eigenvalue weighted by molar-refractivity contribution is 7.08. The van der Waals surface area contributed by atoms with Crippen molar-refractivity contribution in [2.24, 2.45) is 0 Å². The van der Waals surface area contributed by atoms with E-state index in [0.29, 0.717) is 11.3 Å². The number of nitrogens with zero attached hydrogens (tertiary/aromatic N) is 1. The summed E-state index contributed by atoms with van der Waals surface area (Å²) < 4.78 is 5.70. The SMILES string of the molecule is CC(Nc1ccncc1NC(=O)c1ccsc1)C1CCCO1. The van der Waals surface area contributed by atoms with E-state index in [1.807, 2.05) is 16.8 Å². The molecule has 2 N–H and O–H groups in total. The van der Waals surface area contributed by atoms with Gasteiger partial charge in [0, 0.05) is 24.2 Å². The number of thiophene rings is 1. The Hall–Kier alpha value is -1.92. The molecule has 116 valence electrons. The molecular weight excluding hydrogens is 298 g/mol. The lowest BCUT2D eigenvalue weighted by Gasteiger charge is -2.22. The van der Waals surface area contributed by atoms with Crippen LogP contribution in [-0.2, 0) is 4.74 Å². The topological polar surface area (TPSA) is 63.2 Å². The molecule has 2 atom stereocenters. The minimum Gasteiger partial charge on any atom is -0.378 e. The number of anilines is 2. The molecule has 2 unspecified atom stereocenters. The Bertz CT molecular complexity index is 624. The van der Waals surface area contributed by atoms with E-state index < -0.39 is 0 Å². The standard InChI is InChI=1S/C16H19N3O2S/c1-11(15-3-2-7-21-15)18-13-4-6-17-9-14(13)19-16(20)12-5-8-22-10-12/h4-6,8-11,15H,2-3,7H2,1H3,(H,17,18)(H,19,20). The van der Waals surface area contributed by atoms with Crippen LogP contribution >= 0.6 is 11.3 Å². The molecule has 1 saturated heterocycles. The number of carbonyl (C=O) groups excluding carboxylic acids is 1. The van der Waals surface area contributed by atoms with Gasteiger partial charge in [-0.15, -0.1) is 0 Å². The van der Waals surface area contributed by atoms with Gasteiger partial charge in [-0.3, -0.25) is 9.78 Å². The maximum atomic E-state index is 12.2. The second-order valence-electron chi connectivity index (χ2n) is 5.37. The first kappa shape index (κ1) is 15.0. The van der Waals surface area contributed by atoms with Crippen molar-refractivity contribution < 1.29 is 9.53 Å². The van der Waals surface area contributed by atoms with Crippen LogP contribution in [0, 0.1) is 0 Å². The Morgan fingerprint density at radius 2 is 2.36 bits per heavy atom. The molecule has 2 aromatic heterocycles. The summed E-state index contributed by atoms with van der Waals surface area (Å²) in [6.07, 6.45) is 5.76. The van der Waals surface area contributed by atoms with E-state index in [-0.39, 0.29) is 18.1 Å². The maximum Gasteiger partial charge on any atom is 0.256 e. The molecule has 0 saturated carbocycles. The normalized spacial score (nSPS) is 18.9. The largest absolute Gasteiger partial charge is 0.378 e. The zero-order chi connectivity index (χ0) is 15.4. The van der Waals surface area contributed by atoms with Crippen LogP contribution in [0.15, 0.2) is 35.3 Å². The fourth-order valence-corrected chi connectivity index (χ4v) is 3.18. The van der Waals surface area contributed by atoms with E-state index in [0.717, 1.165) is 25.1 Å². The molecule has 0 aliphatic carbocycles. The van der Waals surface area contributed by atoms with E-state index in [1.54, 1.807) is 18.5 Å². The monoisotopic (exact) mass is 317 g/mol. The number of hydrogen-bond acceptors (Lipinski definition) is 5. The Morgan fingerprint density at radius 3 is 3.09 bits per heavy atom. The Labute approximate surface area is 133 Å². The van der Waals surface area contributed by atoms with Crippen LogP contribution in [-0.4, -0.2) is 29.6 Å². The van der Waals surface area contributed by atoms with Gasteiger partial charge >= 0.3 is 0 Å². The van der Waals surface area contributed by atoms with Gasteiger partial charge in [-0.25, -0.2) is 0 Å². The van der Waals surface area contributed by atoms with Crippen LogP contribution in [0.25, 0.3) is 0 Å². The van der Waals surface area contributed by atoms with Gasteiger partial charge in [-0.2, -0.15) is 11.3 Å². The second-order valence-corrected chi connectivity index (χ2v) is 6.15. The maximum absolute atomic E-state index is 12.2. The fraction of sp³-hybridized carbons (Fsp3) is 0.375. The first-order valence-electron chi connectivity index (χ1n) is 7.40. The van der Waals surface area contributed by atoms with Crippen LogP contribution in [0.2, 0.25) is 0 Å². The molecule has 0 radical (unpaired) electrons. The summed E-state index contributed by atoms with van der Waals surface area (Å²) in [5.74, 6) is -0.123. The lowest BCUT2D eigenvalue weighted by Crippen LogP contribution is -2.30. The predicted molar refractivity (Wildman–Crippen MR) is 88.6 cm³/mol. The second kappa shape index (κ2) is 6.89. The predicted octanol–water partition coefficient (Wildman–Crippen LogP) is 3.37. The summed E-state index contributed by atoms with van der Waals surface area (Å²) in [7, 11) is 0. The van der Waals surface area contributed by atoms with Crippen molar-refractivity contribution in [3.8, 4) is 0 Å². The summed E-state index contributed by atoms with van der Waals surface area (Å²) in [6.45, 7) is 2.93. The highest BCUT2D eigenvalue weighted by Crippen LogP contribution is 2.25. The fourth-order valence-electron chi connectivity index (χ4n) is 2.54. The molecule has 3 rings (SSSR count). The summed E-state index contributed by atoms with van der Waals surface area (Å²) in [5, 5.41) is 10.0. The minimum absolute atomic E-state index is 0.123. The molecule has 0 bridgehead atoms. The average molecular weight is 317 g/mol. The number of rotatable bonds is 5. The van der Waals surface area contributed by atoms with E-state index in [2.05, 4.69) is 22.5 Å². The van der Waals surface area contributed by atoms with Crippen molar-refractivity contribution in [2.75, 3.05) is 17.2 Å². The third-order valence-corrected chi connectivity index (χ3v) is 4.44. The van der Waals surface area contributed by atoms with Gasteiger partial charge in [0.25, 0.3) is 5.91 Å². The third-order valence-electron chi connectivity index (χ3n) is 3.76. The van der Waals surface area contributed by atoms with Crippen LogP contribution in [0.5, 0.6) is 0 Å². The number of nitrogens with one attached hydrogen (secondary N) is 2. The van der Waals surface area contributed by atoms with Gasteiger partial charge in [0.05, 0.1) is 29.2 Å². The molecule has 2 aromatic rings. The number of aromatic nitrogens is 1. The lowest BCUT2D eigenvalue weighted by molar-refractivity contribution is 0.0997. The summed E-state index contributed by atoms with van der Waals surface area (Å²) >= 11 is 1.50. The summed E-state index contributed by atoms with van der Waals surface area (Å²) in [4.78, 5) is 16.3. The molecular formula is C16H19N3O2S. The number of hydrogen-bond donors (Lipinski definition) is 2.